The summed E-state index contributed by atoms with van der Waals surface area (Å²) in [7, 11) is 1.42. The van der Waals surface area contributed by atoms with E-state index in [1.54, 1.807) is 18.2 Å². The van der Waals surface area contributed by atoms with Crippen LogP contribution in [0.5, 0.6) is 0 Å². The number of hydrogen-bond donors (Lipinski definition) is 2. The smallest absolute Gasteiger partial charge is 0.352 e. The molecule has 0 bridgehead atoms. The van der Waals surface area contributed by atoms with E-state index in [0.717, 1.165) is 44.4 Å². The van der Waals surface area contributed by atoms with Crippen LogP contribution in [0.1, 0.15) is 42.0 Å². The quantitative estimate of drug-likeness (QED) is 0.251. The van der Waals surface area contributed by atoms with E-state index in [1.807, 2.05) is 19.9 Å². The van der Waals surface area contributed by atoms with E-state index in [9.17, 15) is 9.18 Å². The fourth-order valence-electron chi connectivity index (χ4n) is 3.37. The van der Waals surface area contributed by atoms with E-state index in [1.165, 1.54) is 19.2 Å². The summed E-state index contributed by atoms with van der Waals surface area (Å²) in [5.41, 5.74) is 4.74. The number of hydrogen-bond acceptors (Lipinski definition) is 6. The molecule has 31 heavy (non-hydrogen) atoms. The highest BCUT2D eigenvalue weighted by molar-refractivity contribution is 6.04. The van der Waals surface area contributed by atoms with E-state index in [-0.39, 0.29) is 12.4 Å². The Kier molecular flexibility index (Phi) is 6.98. The Bertz CT molecular complexity index is 1030. The molecule has 0 unspecified atom stereocenters. The van der Waals surface area contributed by atoms with Gasteiger partial charge in [-0.05, 0) is 49.1 Å². The van der Waals surface area contributed by atoms with E-state index >= 15 is 0 Å². The topological polar surface area (TPSA) is 110 Å². The highest BCUT2D eigenvalue weighted by Crippen LogP contribution is 2.25. The fraction of sp³-hybridized carbons (Fsp3) is 0.318. The fourth-order valence-corrected chi connectivity index (χ4v) is 3.37. The monoisotopic (exact) mass is 426 g/mol. The zero-order valence-corrected chi connectivity index (χ0v) is 17.9. The summed E-state index contributed by atoms with van der Waals surface area (Å²) in [6.07, 6.45) is 2.04. The summed E-state index contributed by atoms with van der Waals surface area (Å²) in [4.78, 5) is 12.2. The predicted octanol–water partition coefficient (Wildman–Crippen LogP) is 3.42. The van der Waals surface area contributed by atoms with Gasteiger partial charge in [0.1, 0.15) is 12.4 Å². The Labute approximate surface area is 180 Å². The second-order valence-corrected chi connectivity index (χ2v) is 7.32. The second-order valence-electron chi connectivity index (χ2n) is 7.32. The number of anilines is 1. The maximum Gasteiger partial charge on any atom is 0.352 e. The molecule has 2 aromatic rings. The molecular weight excluding hydrogens is 399 g/mol. The van der Waals surface area contributed by atoms with Crippen LogP contribution >= 0.6 is 0 Å². The molecule has 0 fully saturated rings. The summed E-state index contributed by atoms with van der Waals surface area (Å²) >= 11 is 0. The third-order valence-electron chi connectivity index (χ3n) is 5.13. The molecule has 2 aromatic carbocycles. The average molecular weight is 426 g/mol. The number of nitrogens with two attached hydrogens (primary N) is 2. The molecule has 0 radical (unpaired) electrons. The van der Waals surface area contributed by atoms with Gasteiger partial charge in [-0.2, -0.15) is 5.10 Å². The molecule has 164 valence electrons. The van der Waals surface area contributed by atoms with Gasteiger partial charge in [-0.25, -0.2) is 25.9 Å². The number of rotatable bonds is 5. The molecule has 1 aliphatic carbocycles. The molecule has 0 saturated carbocycles. The molecule has 2 amide bonds. The van der Waals surface area contributed by atoms with Crippen LogP contribution in [0.2, 0.25) is 0 Å². The lowest BCUT2D eigenvalue weighted by Gasteiger charge is -2.24. The molecule has 3 rings (SSSR count). The Balaban J connectivity index is 1.79. The van der Waals surface area contributed by atoms with Crippen LogP contribution in [0.25, 0.3) is 0 Å². The maximum absolute atomic E-state index is 13.6. The zero-order chi connectivity index (χ0) is 22.5. The van der Waals surface area contributed by atoms with Crippen molar-refractivity contribution < 1.29 is 13.9 Å². The van der Waals surface area contributed by atoms with Crippen molar-refractivity contribution in [3.05, 3.63) is 64.5 Å². The summed E-state index contributed by atoms with van der Waals surface area (Å²) in [6.45, 7) is 3.96. The molecule has 0 heterocycles. The number of ether oxygens (including phenoxy) is 1. The first-order valence-corrected chi connectivity index (χ1v) is 10.0. The molecule has 9 heteroatoms. The number of amides is 2. The van der Waals surface area contributed by atoms with Gasteiger partial charge in [-0.3, -0.25) is 5.01 Å². The lowest BCUT2D eigenvalue weighted by Crippen LogP contribution is -2.49. The molecule has 8 nitrogen and oxygen atoms in total. The van der Waals surface area contributed by atoms with Crippen LogP contribution in [-0.2, 0) is 17.8 Å². The van der Waals surface area contributed by atoms with Crippen molar-refractivity contribution in [2.45, 2.75) is 39.7 Å². The Morgan fingerprint density at radius 2 is 2.00 bits per heavy atom. The Morgan fingerprint density at radius 3 is 2.71 bits per heavy atom. The van der Waals surface area contributed by atoms with Crippen molar-refractivity contribution in [1.29, 1.82) is 0 Å². The summed E-state index contributed by atoms with van der Waals surface area (Å²) in [5, 5.41) is 10.5. The molecule has 0 atom stereocenters. The highest BCUT2D eigenvalue weighted by atomic mass is 19.1. The van der Waals surface area contributed by atoms with Gasteiger partial charge in [0, 0.05) is 24.6 Å². The van der Waals surface area contributed by atoms with Crippen molar-refractivity contribution in [2.24, 2.45) is 21.9 Å². The minimum Gasteiger partial charge on any atom is -0.475 e. The van der Waals surface area contributed by atoms with Gasteiger partial charge in [-0.1, -0.05) is 25.1 Å². The summed E-state index contributed by atoms with van der Waals surface area (Å²) in [5.74, 6) is 11.6. The van der Waals surface area contributed by atoms with Crippen LogP contribution in [0, 0.1) is 12.7 Å². The van der Waals surface area contributed by atoms with Gasteiger partial charge >= 0.3 is 6.03 Å². The predicted molar refractivity (Wildman–Crippen MR) is 119 cm³/mol. The van der Waals surface area contributed by atoms with Crippen molar-refractivity contribution in [3.8, 4) is 0 Å². The Morgan fingerprint density at radius 1 is 1.23 bits per heavy atom. The number of hydrazine groups is 2. The third kappa shape index (κ3) is 5.07. The second kappa shape index (κ2) is 9.67. The highest BCUT2D eigenvalue weighted by Gasteiger charge is 2.20. The zero-order valence-electron chi connectivity index (χ0n) is 17.9. The van der Waals surface area contributed by atoms with E-state index in [4.69, 9.17) is 16.4 Å². The van der Waals surface area contributed by atoms with Gasteiger partial charge in [0.15, 0.2) is 0 Å². The molecule has 0 spiro atoms. The number of fused-ring (bicyclic) bond motifs is 1. The van der Waals surface area contributed by atoms with Crippen LogP contribution in [0.15, 0.2) is 46.6 Å². The minimum atomic E-state index is -0.560. The minimum absolute atomic E-state index is 0.153. The lowest BCUT2D eigenvalue weighted by molar-refractivity contribution is 0.216. The summed E-state index contributed by atoms with van der Waals surface area (Å²) < 4.78 is 19.5. The van der Waals surface area contributed by atoms with Crippen molar-refractivity contribution in [2.75, 3.05) is 12.1 Å². The summed E-state index contributed by atoms with van der Waals surface area (Å²) in [6, 6.07) is 9.60. The number of urea groups is 1. The number of halogens is 1. The van der Waals surface area contributed by atoms with Crippen LogP contribution in [0.3, 0.4) is 0 Å². The molecule has 0 saturated heterocycles. The van der Waals surface area contributed by atoms with Gasteiger partial charge in [0.05, 0.1) is 11.4 Å². The van der Waals surface area contributed by atoms with Gasteiger partial charge in [0.25, 0.3) is 0 Å². The first-order valence-electron chi connectivity index (χ1n) is 10.0. The van der Waals surface area contributed by atoms with Crippen molar-refractivity contribution in [1.82, 2.24) is 5.01 Å². The van der Waals surface area contributed by atoms with Crippen molar-refractivity contribution in [3.63, 3.8) is 0 Å². The molecule has 1 aliphatic rings. The molecular formula is C22H27FN6O2. The average Bonchev–Trinajstić information content (AvgIpc) is 3.15. The first kappa shape index (κ1) is 22.4. The normalized spacial score (nSPS) is 14.5. The SMILES string of the molecule is CCC(=NN=C1CCc2ccc(F)cc21)OCc1c(C)cccc1N(N)C(=O)N(C)N. The number of benzene rings is 2. The van der Waals surface area contributed by atoms with Gasteiger partial charge < -0.3 is 4.74 Å². The number of aryl methyl sites for hydroxylation is 2. The first-order chi connectivity index (χ1) is 14.8. The number of nitrogens with zero attached hydrogens (tertiary/aromatic N) is 4. The van der Waals surface area contributed by atoms with Crippen LogP contribution < -0.4 is 16.7 Å². The van der Waals surface area contributed by atoms with Crippen LogP contribution in [-0.4, -0.2) is 29.7 Å². The van der Waals surface area contributed by atoms with Gasteiger partial charge in [-0.15, -0.1) is 5.10 Å². The van der Waals surface area contributed by atoms with Crippen LogP contribution in [0.4, 0.5) is 14.9 Å². The standard InChI is InChI=1S/C22H27FN6O2/c1-4-21(27-26-19-11-9-15-8-10-16(23)12-17(15)19)31-13-18-14(2)6-5-7-20(18)29(25)22(30)28(3)24/h5-8,10,12H,4,9,11,13,24-25H2,1-3H3. The van der Waals surface area contributed by atoms with E-state index in [2.05, 4.69) is 10.2 Å². The van der Waals surface area contributed by atoms with Gasteiger partial charge in [0.2, 0.25) is 5.90 Å². The van der Waals surface area contributed by atoms with Crippen molar-refractivity contribution >= 4 is 23.3 Å². The molecule has 4 N–H and O–H groups in total. The maximum atomic E-state index is 13.6. The number of carbonyl (C=O) groups excluding carboxylic acids is 1. The third-order valence-corrected chi connectivity index (χ3v) is 5.13. The number of carbonyl (C=O) groups is 1. The van der Waals surface area contributed by atoms with E-state index < -0.39 is 6.03 Å². The Hall–Kier alpha value is -3.30. The molecule has 0 aromatic heterocycles. The lowest BCUT2D eigenvalue weighted by atomic mass is 10.1. The molecule has 0 aliphatic heterocycles. The largest absolute Gasteiger partial charge is 0.475 e. The van der Waals surface area contributed by atoms with E-state index in [0.29, 0.717) is 24.4 Å².